The van der Waals surface area contributed by atoms with Gasteiger partial charge in [-0.1, -0.05) is 30.3 Å². The topological polar surface area (TPSA) is 111 Å². The Balaban J connectivity index is 1.59. The van der Waals surface area contributed by atoms with Gasteiger partial charge in [0, 0.05) is 37.3 Å². The van der Waals surface area contributed by atoms with Crippen LogP contribution in [-0.4, -0.2) is 68.5 Å². The number of benzodiazepines with no additional fused rings is 1. The fourth-order valence-electron chi connectivity index (χ4n) is 4.33. The molecule has 0 radical (unpaired) electrons. The van der Waals surface area contributed by atoms with E-state index in [4.69, 9.17) is 0 Å². The van der Waals surface area contributed by atoms with Gasteiger partial charge in [0.25, 0.3) is 5.91 Å². The van der Waals surface area contributed by atoms with E-state index in [1.54, 1.807) is 56.4 Å². The molecule has 0 saturated carbocycles. The van der Waals surface area contributed by atoms with Gasteiger partial charge in [-0.15, -0.1) is 0 Å². The lowest BCUT2D eigenvalue weighted by Crippen LogP contribution is -2.55. The SMILES string of the molecule is CCS(=O)(=O)N1CCCC(NC(=O)NC2N=C(c3ccccc3F)c3ccccc3N(C)C2=O)C1. The zero-order valence-electron chi connectivity index (χ0n) is 19.6. The second-order valence-electron chi connectivity index (χ2n) is 8.49. The Morgan fingerprint density at radius 3 is 2.51 bits per heavy atom. The molecule has 2 heterocycles. The molecule has 0 aromatic heterocycles. The van der Waals surface area contributed by atoms with Crippen molar-refractivity contribution in [3.05, 3.63) is 65.5 Å². The second-order valence-corrected chi connectivity index (χ2v) is 10.7. The van der Waals surface area contributed by atoms with Crippen molar-refractivity contribution in [3.8, 4) is 0 Å². The third kappa shape index (κ3) is 5.20. The van der Waals surface area contributed by atoms with E-state index in [1.807, 2.05) is 0 Å². The number of hydrogen-bond donors (Lipinski definition) is 2. The number of likely N-dealkylation sites (N-methyl/N-ethyl adjacent to an activating group) is 1. The molecular weight excluding hydrogens is 473 g/mol. The summed E-state index contributed by atoms with van der Waals surface area (Å²) >= 11 is 0. The number of nitrogens with zero attached hydrogens (tertiary/aromatic N) is 3. The zero-order valence-corrected chi connectivity index (χ0v) is 20.4. The van der Waals surface area contributed by atoms with E-state index in [0.717, 1.165) is 0 Å². The standard InChI is InChI=1S/C24H28FN5O4S/c1-3-35(33,34)30-14-8-9-16(15-30)26-24(32)28-22-23(31)29(2)20-13-7-5-11-18(20)21(27-22)17-10-4-6-12-19(17)25/h4-7,10-13,16,22H,3,8-9,14-15H2,1-2H3,(H2,26,28,32). The molecule has 4 rings (SSSR count). The molecule has 0 spiro atoms. The third-order valence-corrected chi connectivity index (χ3v) is 8.07. The highest BCUT2D eigenvalue weighted by Crippen LogP contribution is 2.28. The summed E-state index contributed by atoms with van der Waals surface area (Å²) in [5.74, 6) is -0.999. The van der Waals surface area contributed by atoms with Gasteiger partial charge in [0.15, 0.2) is 0 Å². The highest BCUT2D eigenvalue weighted by Gasteiger charge is 2.33. The van der Waals surface area contributed by atoms with E-state index >= 15 is 0 Å². The number of para-hydroxylation sites is 1. The summed E-state index contributed by atoms with van der Waals surface area (Å²) in [6, 6.07) is 12.1. The number of hydrogen-bond acceptors (Lipinski definition) is 5. The normalized spacial score (nSPS) is 21.1. The molecule has 2 aromatic carbocycles. The molecular formula is C24H28FN5O4S. The first-order valence-electron chi connectivity index (χ1n) is 11.5. The van der Waals surface area contributed by atoms with Gasteiger partial charge in [0.05, 0.1) is 17.2 Å². The number of piperidine rings is 1. The van der Waals surface area contributed by atoms with Crippen LogP contribution in [0.4, 0.5) is 14.9 Å². The summed E-state index contributed by atoms with van der Waals surface area (Å²) < 4.78 is 40.5. The first-order valence-corrected chi connectivity index (χ1v) is 13.1. The zero-order chi connectivity index (χ0) is 25.2. The molecule has 2 aromatic rings. The molecule has 186 valence electrons. The molecule has 11 heteroatoms. The predicted octanol–water partition coefficient (Wildman–Crippen LogP) is 2.08. The smallest absolute Gasteiger partial charge is 0.317 e. The number of anilines is 1. The van der Waals surface area contributed by atoms with E-state index in [0.29, 0.717) is 30.6 Å². The molecule has 1 saturated heterocycles. The van der Waals surface area contributed by atoms with Crippen LogP contribution in [0.3, 0.4) is 0 Å². The summed E-state index contributed by atoms with van der Waals surface area (Å²) in [7, 11) is -1.80. The summed E-state index contributed by atoms with van der Waals surface area (Å²) in [5, 5.41) is 5.35. The Bertz CT molecular complexity index is 1270. The largest absolute Gasteiger partial charge is 0.334 e. The van der Waals surface area contributed by atoms with E-state index in [2.05, 4.69) is 15.6 Å². The molecule has 0 bridgehead atoms. The Kier molecular flexibility index (Phi) is 7.18. The van der Waals surface area contributed by atoms with Crippen LogP contribution in [0.25, 0.3) is 0 Å². The first-order chi connectivity index (χ1) is 16.7. The maximum absolute atomic E-state index is 14.7. The fraction of sp³-hybridized carbons (Fsp3) is 0.375. The van der Waals surface area contributed by atoms with E-state index in [1.165, 1.54) is 15.3 Å². The molecule has 2 aliphatic rings. The van der Waals surface area contributed by atoms with Crippen molar-refractivity contribution in [1.29, 1.82) is 0 Å². The van der Waals surface area contributed by atoms with Crippen LogP contribution in [0, 0.1) is 5.82 Å². The fourth-order valence-corrected chi connectivity index (χ4v) is 5.51. The van der Waals surface area contributed by atoms with Crippen molar-refractivity contribution in [3.63, 3.8) is 0 Å². The number of rotatable bonds is 5. The number of benzene rings is 2. The number of urea groups is 1. The highest BCUT2D eigenvalue weighted by molar-refractivity contribution is 7.89. The average molecular weight is 502 g/mol. The Labute approximate surface area is 204 Å². The Morgan fingerprint density at radius 2 is 1.80 bits per heavy atom. The number of fused-ring (bicyclic) bond motifs is 1. The van der Waals surface area contributed by atoms with Crippen LogP contribution < -0.4 is 15.5 Å². The van der Waals surface area contributed by atoms with E-state index < -0.39 is 40.0 Å². The van der Waals surface area contributed by atoms with E-state index in [-0.39, 0.29) is 23.6 Å². The molecule has 0 aliphatic carbocycles. The average Bonchev–Trinajstić information content (AvgIpc) is 2.95. The first kappa shape index (κ1) is 24.8. The third-order valence-electron chi connectivity index (χ3n) is 6.22. The molecule has 35 heavy (non-hydrogen) atoms. The maximum atomic E-state index is 14.7. The van der Waals surface area contributed by atoms with Gasteiger partial charge >= 0.3 is 6.03 Å². The molecule has 2 aliphatic heterocycles. The summed E-state index contributed by atoms with van der Waals surface area (Å²) in [5.41, 5.74) is 1.56. The molecule has 2 unspecified atom stereocenters. The lowest BCUT2D eigenvalue weighted by atomic mass is 10.00. The quantitative estimate of drug-likeness (QED) is 0.653. The minimum atomic E-state index is -3.37. The van der Waals surface area contributed by atoms with Crippen LogP contribution in [0.2, 0.25) is 0 Å². The number of carbonyl (C=O) groups excluding carboxylic acids is 2. The molecule has 1 fully saturated rings. The van der Waals surface area contributed by atoms with Gasteiger partial charge in [-0.2, -0.15) is 4.31 Å². The number of amides is 3. The van der Waals surface area contributed by atoms with Crippen molar-refractivity contribution in [1.82, 2.24) is 14.9 Å². The Hall–Kier alpha value is -3.31. The van der Waals surface area contributed by atoms with E-state index in [9.17, 15) is 22.4 Å². The van der Waals surface area contributed by atoms with Gasteiger partial charge in [0.1, 0.15) is 5.82 Å². The van der Waals surface area contributed by atoms with Crippen LogP contribution in [-0.2, 0) is 14.8 Å². The number of carbonyl (C=O) groups is 2. The number of sulfonamides is 1. The van der Waals surface area contributed by atoms with Crippen LogP contribution in [0.5, 0.6) is 0 Å². The summed E-state index contributed by atoms with van der Waals surface area (Å²) in [6.07, 6.45) is -0.0853. The van der Waals surface area contributed by atoms with Gasteiger partial charge in [-0.3, -0.25) is 4.79 Å². The number of aliphatic imine (C=N–C) groups is 1. The molecule has 2 atom stereocenters. The second kappa shape index (κ2) is 10.1. The minimum Gasteiger partial charge on any atom is -0.334 e. The van der Waals surface area contributed by atoms with Gasteiger partial charge in [-0.05, 0) is 38.0 Å². The predicted molar refractivity (Wildman–Crippen MR) is 131 cm³/mol. The van der Waals surface area contributed by atoms with Crippen molar-refractivity contribution in [2.24, 2.45) is 4.99 Å². The molecule has 2 N–H and O–H groups in total. The lowest BCUT2D eigenvalue weighted by molar-refractivity contribution is -0.119. The summed E-state index contributed by atoms with van der Waals surface area (Å²) in [6.45, 7) is 2.16. The van der Waals surface area contributed by atoms with Gasteiger partial charge in [-0.25, -0.2) is 22.6 Å². The number of halogens is 1. The molecule has 9 nitrogen and oxygen atoms in total. The minimum absolute atomic E-state index is 0.0110. The highest BCUT2D eigenvalue weighted by atomic mass is 32.2. The van der Waals surface area contributed by atoms with Crippen LogP contribution in [0.1, 0.15) is 30.9 Å². The van der Waals surface area contributed by atoms with Crippen molar-refractivity contribution < 1.29 is 22.4 Å². The van der Waals surface area contributed by atoms with Gasteiger partial charge < -0.3 is 15.5 Å². The van der Waals surface area contributed by atoms with Crippen LogP contribution >= 0.6 is 0 Å². The molecule has 3 amide bonds. The Morgan fingerprint density at radius 1 is 1.11 bits per heavy atom. The van der Waals surface area contributed by atoms with Crippen molar-refractivity contribution in [2.45, 2.75) is 32.0 Å². The van der Waals surface area contributed by atoms with Crippen molar-refractivity contribution >= 4 is 33.4 Å². The lowest BCUT2D eigenvalue weighted by Gasteiger charge is -2.32. The number of nitrogens with one attached hydrogen (secondary N) is 2. The van der Waals surface area contributed by atoms with Crippen molar-refractivity contribution in [2.75, 3.05) is 30.8 Å². The van der Waals surface area contributed by atoms with Crippen LogP contribution in [0.15, 0.2) is 53.5 Å². The summed E-state index contributed by atoms with van der Waals surface area (Å²) in [4.78, 5) is 31.9. The van der Waals surface area contributed by atoms with Gasteiger partial charge in [0.2, 0.25) is 16.2 Å². The maximum Gasteiger partial charge on any atom is 0.317 e. The monoisotopic (exact) mass is 501 g/mol.